The maximum Gasteiger partial charge on any atom is 0.383 e. The molecule has 1 aliphatic rings. The summed E-state index contributed by atoms with van der Waals surface area (Å²) in [5.41, 5.74) is -0.0196. The molecule has 1 aliphatic heterocycles. The Kier molecular flexibility index (Phi) is 4.26. The highest BCUT2D eigenvalue weighted by Crippen LogP contribution is 2.25. The van der Waals surface area contributed by atoms with Gasteiger partial charge in [-0.3, -0.25) is 9.48 Å². The molecule has 0 unspecified atom stereocenters. The van der Waals surface area contributed by atoms with Crippen molar-refractivity contribution in [1.29, 1.82) is 0 Å². The predicted octanol–water partition coefficient (Wildman–Crippen LogP) is 1.65. The van der Waals surface area contributed by atoms with Crippen molar-refractivity contribution in [2.45, 2.75) is 31.2 Å². The number of nitrogens with zero attached hydrogens (tertiary/aromatic N) is 2. The van der Waals surface area contributed by atoms with E-state index in [-0.39, 0.29) is 11.7 Å². The van der Waals surface area contributed by atoms with E-state index >= 15 is 0 Å². The largest absolute Gasteiger partial charge is 0.383 e. The van der Waals surface area contributed by atoms with E-state index in [1.165, 1.54) is 12.4 Å². The number of carbonyl (C=O) groups excluding carboxylic acids is 1. The van der Waals surface area contributed by atoms with Gasteiger partial charge in [0.15, 0.2) is 0 Å². The molecule has 0 spiro atoms. The summed E-state index contributed by atoms with van der Waals surface area (Å²) in [5, 5.41) is 8.88. The number of nitrogens with one attached hydrogen (secondary N) is 2. The molecule has 2 N–H and O–H groups in total. The number of alkyl halides is 4. The molecule has 0 radical (unpaired) electrons. The zero-order valence-corrected chi connectivity index (χ0v) is 10.5. The van der Waals surface area contributed by atoms with E-state index in [9.17, 15) is 22.4 Å². The van der Waals surface area contributed by atoms with Gasteiger partial charge in [0.1, 0.15) is 0 Å². The molecule has 2 rings (SSSR count). The number of aromatic nitrogens is 2. The molecule has 0 saturated carbocycles. The Balaban J connectivity index is 2.00. The summed E-state index contributed by atoms with van der Waals surface area (Å²) in [6.07, 6.45) is 0.142. The first kappa shape index (κ1) is 14.8. The number of rotatable bonds is 4. The number of hydrogen-bond donors (Lipinski definition) is 2. The van der Waals surface area contributed by atoms with E-state index in [1.54, 1.807) is 10.00 Å². The molecule has 0 aromatic carbocycles. The highest BCUT2D eigenvalue weighted by molar-refractivity contribution is 5.96. The Labute approximate surface area is 112 Å². The minimum absolute atomic E-state index is 0.0196. The molecular formula is C11H14F4N4O. The van der Waals surface area contributed by atoms with Crippen LogP contribution >= 0.6 is 0 Å². The van der Waals surface area contributed by atoms with E-state index < -0.39 is 18.3 Å². The van der Waals surface area contributed by atoms with Crippen LogP contribution in [0.15, 0.2) is 12.4 Å². The van der Waals surface area contributed by atoms with Crippen LogP contribution in [0.5, 0.6) is 0 Å². The lowest BCUT2D eigenvalue weighted by molar-refractivity contribution is -0.163. The fraction of sp³-hybridized carbons (Fsp3) is 0.636. The molecule has 0 atom stereocenters. The van der Waals surface area contributed by atoms with Crippen molar-refractivity contribution in [1.82, 2.24) is 15.1 Å². The van der Waals surface area contributed by atoms with Crippen LogP contribution in [0.4, 0.5) is 23.2 Å². The number of halogens is 4. The maximum absolute atomic E-state index is 12.8. The molecule has 0 bridgehead atoms. The molecule has 1 aromatic heterocycles. The van der Waals surface area contributed by atoms with Crippen LogP contribution in [-0.4, -0.2) is 41.1 Å². The smallest absolute Gasteiger partial charge is 0.318 e. The molecular weight excluding hydrogens is 280 g/mol. The summed E-state index contributed by atoms with van der Waals surface area (Å²) in [6.45, 7) is 1.63. The maximum atomic E-state index is 12.8. The molecule has 1 saturated heterocycles. The summed E-state index contributed by atoms with van der Waals surface area (Å²) in [6, 6.07) is 0.109. The molecule has 5 nitrogen and oxygen atoms in total. The topological polar surface area (TPSA) is 59.0 Å². The van der Waals surface area contributed by atoms with E-state index in [0.29, 0.717) is 0 Å². The molecule has 0 aliphatic carbocycles. The minimum Gasteiger partial charge on any atom is -0.318 e. The third kappa shape index (κ3) is 3.09. The van der Waals surface area contributed by atoms with Crippen molar-refractivity contribution < 1.29 is 22.4 Å². The van der Waals surface area contributed by atoms with Gasteiger partial charge in [0.2, 0.25) is 0 Å². The molecule has 20 heavy (non-hydrogen) atoms. The van der Waals surface area contributed by atoms with Gasteiger partial charge < -0.3 is 10.6 Å². The molecule has 9 heteroatoms. The Morgan fingerprint density at radius 3 is 2.70 bits per heavy atom. The molecule has 112 valence electrons. The molecule has 1 fully saturated rings. The van der Waals surface area contributed by atoms with Gasteiger partial charge >= 0.3 is 18.3 Å². The summed E-state index contributed by atoms with van der Waals surface area (Å²) < 4.78 is 51.2. The van der Waals surface area contributed by atoms with Crippen LogP contribution < -0.4 is 10.6 Å². The summed E-state index contributed by atoms with van der Waals surface area (Å²) >= 11 is 0. The SMILES string of the molecule is O=C(Nc1cnn(C2CCNCC2)c1)C(F)(F)C(F)F. The van der Waals surface area contributed by atoms with Gasteiger partial charge in [-0.1, -0.05) is 0 Å². The quantitative estimate of drug-likeness (QED) is 0.830. The second-order valence-corrected chi connectivity index (χ2v) is 4.57. The van der Waals surface area contributed by atoms with Crippen molar-refractivity contribution in [3.63, 3.8) is 0 Å². The zero-order chi connectivity index (χ0) is 14.8. The van der Waals surface area contributed by atoms with E-state index in [0.717, 1.165) is 25.9 Å². The molecule has 1 aromatic rings. The van der Waals surface area contributed by atoms with E-state index in [1.807, 2.05) is 0 Å². The first-order chi connectivity index (χ1) is 9.41. The monoisotopic (exact) mass is 294 g/mol. The van der Waals surface area contributed by atoms with Crippen molar-refractivity contribution >= 4 is 11.6 Å². The number of piperidine rings is 1. The van der Waals surface area contributed by atoms with Crippen molar-refractivity contribution in [2.24, 2.45) is 0 Å². The summed E-state index contributed by atoms with van der Waals surface area (Å²) in [5.74, 6) is -6.74. The van der Waals surface area contributed by atoms with Crippen molar-refractivity contribution in [3.8, 4) is 0 Å². The van der Waals surface area contributed by atoms with Gasteiger partial charge in [-0.15, -0.1) is 0 Å². The standard InChI is InChI=1S/C11H14F4N4O/c12-9(13)11(14,15)10(20)18-7-5-17-19(6-7)8-1-3-16-4-2-8/h5-6,8-9,16H,1-4H2,(H,18,20). The van der Waals surface area contributed by atoms with E-state index in [4.69, 9.17) is 0 Å². The number of carbonyl (C=O) groups is 1. The van der Waals surface area contributed by atoms with Gasteiger partial charge in [0, 0.05) is 6.20 Å². The number of anilines is 1. The van der Waals surface area contributed by atoms with Crippen molar-refractivity contribution in [3.05, 3.63) is 12.4 Å². The first-order valence-electron chi connectivity index (χ1n) is 6.13. The van der Waals surface area contributed by atoms with Crippen molar-refractivity contribution in [2.75, 3.05) is 18.4 Å². The van der Waals surface area contributed by atoms with Crippen LogP contribution in [0.3, 0.4) is 0 Å². The van der Waals surface area contributed by atoms with E-state index in [2.05, 4.69) is 10.4 Å². The van der Waals surface area contributed by atoms with Gasteiger partial charge in [-0.05, 0) is 25.9 Å². The summed E-state index contributed by atoms with van der Waals surface area (Å²) in [7, 11) is 0. The summed E-state index contributed by atoms with van der Waals surface area (Å²) in [4.78, 5) is 11.1. The first-order valence-corrected chi connectivity index (χ1v) is 6.13. The Morgan fingerprint density at radius 1 is 1.45 bits per heavy atom. The fourth-order valence-electron chi connectivity index (χ4n) is 1.99. The second-order valence-electron chi connectivity index (χ2n) is 4.57. The fourth-order valence-corrected chi connectivity index (χ4v) is 1.99. The lowest BCUT2D eigenvalue weighted by atomic mass is 10.1. The highest BCUT2D eigenvalue weighted by Gasteiger charge is 2.49. The lowest BCUT2D eigenvalue weighted by Gasteiger charge is -2.22. The normalized spacial score (nSPS) is 17.4. The Bertz CT molecular complexity index is 471. The number of hydrogen-bond acceptors (Lipinski definition) is 3. The Morgan fingerprint density at radius 2 is 2.10 bits per heavy atom. The van der Waals surface area contributed by atoms with Gasteiger partial charge in [-0.25, -0.2) is 8.78 Å². The zero-order valence-electron chi connectivity index (χ0n) is 10.5. The Hall–Kier alpha value is -1.64. The third-order valence-electron chi connectivity index (χ3n) is 3.12. The van der Waals surface area contributed by atoms with Gasteiger partial charge in [0.25, 0.3) is 0 Å². The van der Waals surface area contributed by atoms with Gasteiger partial charge in [0.05, 0.1) is 17.9 Å². The van der Waals surface area contributed by atoms with Crippen LogP contribution in [0.2, 0.25) is 0 Å². The lowest BCUT2D eigenvalue weighted by Crippen LogP contribution is -2.40. The average Bonchev–Trinajstić information content (AvgIpc) is 2.88. The third-order valence-corrected chi connectivity index (χ3v) is 3.12. The van der Waals surface area contributed by atoms with Gasteiger partial charge in [-0.2, -0.15) is 13.9 Å². The molecule has 1 amide bonds. The van der Waals surface area contributed by atoms with Crippen LogP contribution in [0.1, 0.15) is 18.9 Å². The predicted molar refractivity (Wildman–Crippen MR) is 62.9 cm³/mol. The minimum atomic E-state index is -4.71. The van der Waals surface area contributed by atoms with Crippen LogP contribution in [-0.2, 0) is 4.79 Å². The highest BCUT2D eigenvalue weighted by atomic mass is 19.3. The second kappa shape index (κ2) is 5.78. The molecule has 2 heterocycles. The van der Waals surface area contributed by atoms with Crippen LogP contribution in [0, 0.1) is 0 Å². The van der Waals surface area contributed by atoms with Crippen LogP contribution in [0.25, 0.3) is 0 Å². The number of amides is 1. The average molecular weight is 294 g/mol.